The molecule has 1 aromatic rings. The van der Waals surface area contributed by atoms with Crippen molar-refractivity contribution < 1.29 is 18.3 Å². The normalized spacial score (nSPS) is 12.1. The lowest BCUT2D eigenvalue weighted by atomic mass is 10.2. The average molecular weight is 213 g/mol. The first-order valence-electron chi connectivity index (χ1n) is 3.94. The van der Waals surface area contributed by atoms with Crippen LogP contribution in [0.2, 0.25) is 0 Å². The smallest absolute Gasteiger partial charge is 0.317 e. The Morgan fingerprint density at radius 1 is 1.36 bits per heavy atom. The van der Waals surface area contributed by atoms with Crippen LogP contribution in [0.25, 0.3) is 0 Å². The zero-order chi connectivity index (χ0) is 10.4. The molecule has 0 spiro atoms. The van der Waals surface area contributed by atoms with Crippen LogP contribution in [0, 0.1) is 0 Å². The van der Waals surface area contributed by atoms with Gasteiger partial charge in [-0.15, -0.1) is 0 Å². The van der Waals surface area contributed by atoms with E-state index in [1.165, 1.54) is 0 Å². The molecule has 0 saturated carbocycles. The molecule has 0 aliphatic rings. The topological polar surface area (TPSA) is 66.4 Å². The first kappa shape index (κ1) is 10.9. The van der Waals surface area contributed by atoms with E-state index < -0.39 is 22.8 Å². The maximum absolute atomic E-state index is 10.8. The van der Waals surface area contributed by atoms with Crippen LogP contribution in [0.3, 0.4) is 0 Å². The van der Waals surface area contributed by atoms with E-state index in [1.807, 2.05) is 18.2 Å². The highest BCUT2D eigenvalue weighted by atomic mass is 32.2. The minimum atomic E-state index is -2.38. The Bertz CT molecular complexity index is 323. The van der Waals surface area contributed by atoms with Gasteiger partial charge in [0.15, 0.2) is 0 Å². The van der Waals surface area contributed by atoms with Crippen LogP contribution in [0.4, 0.5) is 0 Å². The molecule has 0 saturated heterocycles. The van der Waals surface area contributed by atoms with Gasteiger partial charge in [-0.25, -0.2) is 0 Å². The SMILES string of the molecule is O=C(CS(=O)[O-])OCc1ccccc1. The highest BCUT2D eigenvalue weighted by Gasteiger charge is 2.02. The molecule has 0 N–H and O–H groups in total. The van der Waals surface area contributed by atoms with Crippen LogP contribution in [-0.4, -0.2) is 20.5 Å². The molecule has 1 atom stereocenters. The van der Waals surface area contributed by atoms with E-state index in [9.17, 15) is 13.6 Å². The summed E-state index contributed by atoms with van der Waals surface area (Å²) in [5, 5.41) is 0. The number of hydrogen-bond acceptors (Lipinski definition) is 4. The van der Waals surface area contributed by atoms with E-state index in [1.54, 1.807) is 12.1 Å². The number of carbonyl (C=O) groups excluding carboxylic acids is 1. The van der Waals surface area contributed by atoms with Crippen molar-refractivity contribution in [3.8, 4) is 0 Å². The second-order valence-electron chi connectivity index (χ2n) is 2.59. The largest absolute Gasteiger partial charge is 0.772 e. The molecular formula is C9H9O4S-. The second kappa shape index (κ2) is 5.51. The van der Waals surface area contributed by atoms with Crippen LogP contribution in [0.1, 0.15) is 5.56 Å². The zero-order valence-corrected chi connectivity index (χ0v) is 8.16. The summed E-state index contributed by atoms with van der Waals surface area (Å²) in [5.41, 5.74) is 0.831. The molecule has 0 bridgehead atoms. The summed E-state index contributed by atoms with van der Waals surface area (Å²) in [6, 6.07) is 9.06. The van der Waals surface area contributed by atoms with Gasteiger partial charge in [0.05, 0.1) is 0 Å². The molecule has 0 amide bonds. The molecule has 0 fully saturated rings. The maximum atomic E-state index is 10.8. The van der Waals surface area contributed by atoms with E-state index in [0.717, 1.165) is 5.56 Å². The van der Waals surface area contributed by atoms with Crippen LogP contribution in [0.15, 0.2) is 30.3 Å². The second-order valence-corrected chi connectivity index (χ2v) is 3.49. The fraction of sp³-hybridized carbons (Fsp3) is 0.222. The van der Waals surface area contributed by atoms with E-state index >= 15 is 0 Å². The molecule has 1 unspecified atom stereocenters. The van der Waals surface area contributed by atoms with Crippen molar-refractivity contribution in [2.24, 2.45) is 0 Å². The van der Waals surface area contributed by atoms with Gasteiger partial charge in [0, 0.05) is 0 Å². The summed E-state index contributed by atoms with van der Waals surface area (Å²) in [4.78, 5) is 10.8. The van der Waals surface area contributed by atoms with Crippen molar-refractivity contribution in [1.82, 2.24) is 0 Å². The molecule has 0 aromatic heterocycles. The Labute approximate surface area is 84.2 Å². The van der Waals surface area contributed by atoms with Gasteiger partial charge in [0.2, 0.25) is 0 Å². The highest BCUT2D eigenvalue weighted by molar-refractivity contribution is 7.79. The molecule has 1 rings (SSSR count). The summed E-state index contributed by atoms with van der Waals surface area (Å²) in [6.45, 7) is 0.108. The van der Waals surface area contributed by atoms with Gasteiger partial charge in [0.25, 0.3) is 0 Å². The predicted octanol–water partition coefficient (Wildman–Crippen LogP) is 0.609. The number of esters is 1. The molecule has 0 radical (unpaired) electrons. The molecule has 0 aliphatic carbocycles. The Kier molecular flexibility index (Phi) is 4.28. The lowest BCUT2D eigenvalue weighted by Gasteiger charge is -2.06. The minimum absolute atomic E-state index is 0.108. The summed E-state index contributed by atoms with van der Waals surface area (Å²) in [6.07, 6.45) is 0. The molecular weight excluding hydrogens is 204 g/mol. The van der Waals surface area contributed by atoms with Crippen molar-refractivity contribution in [2.75, 3.05) is 5.75 Å². The van der Waals surface area contributed by atoms with E-state index in [0.29, 0.717) is 0 Å². The van der Waals surface area contributed by atoms with E-state index in [4.69, 9.17) is 4.74 Å². The van der Waals surface area contributed by atoms with Crippen LogP contribution < -0.4 is 0 Å². The zero-order valence-electron chi connectivity index (χ0n) is 7.34. The minimum Gasteiger partial charge on any atom is -0.772 e. The first-order chi connectivity index (χ1) is 6.68. The standard InChI is InChI=1S/C9H10O4S/c10-9(7-14(11)12)13-6-8-4-2-1-3-5-8/h1-5H,6-7H2,(H,11,12)/p-1. The van der Waals surface area contributed by atoms with Gasteiger partial charge in [0.1, 0.15) is 12.4 Å². The summed E-state index contributed by atoms with van der Waals surface area (Å²) >= 11 is -2.38. The number of ether oxygens (including phenoxy) is 1. The number of hydrogen-bond donors (Lipinski definition) is 0. The van der Waals surface area contributed by atoms with Gasteiger partial charge >= 0.3 is 5.97 Å². The molecule has 1 aromatic carbocycles. The van der Waals surface area contributed by atoms with E-state index in [-0.39, 0.29) is 6.61 Å². The Morgan fingerprint density at radius 2 is 2.00 bits per heavy atom. The molecule has 0 heterocycles. The first-order valence-corrected chi connectivity index (χ1v) is 5.18. The quantitative estimate of drug-likeness (QED) is 0.543. The van der Waals surface area contributed by atoms with Gasteiger partial charge in [-0.05, 0) is 16.6 Å². The monoisotopic (exact) mass is 213 g/mol. The summed E-state index contributed by atoms with van der Waals surface area (Å²) in [7, 11) is 0. The third-order valence-corrected chi connectivity index (χ3v) is 1.95. The van der Waals surface area contributed by atoms with Crippen molar-refractivity contribution >= 4 is 17.0 Å². The average Bonchev–Trinajstić information content (AvgIpc) is 2.15. The summed E-state index contributed by atoms with van der Waals surface area (Å²) in [5.74, 6) is -1.32. The fourth-order valence-corrected chi connectivity index (χ4v) is 1.15. The summed E-state index contributed by atoms with van der Waals surface area (Å²) < 4.78 is 24.9. The third kappa shape index (κ3) is 4.15. The van der Waals surface area contributed by atoms with Crippen molar-refractivity contribution in [3.63, 3.8) is 0 Å². The van der Waals surface area contributed by atoms with Gasteiger partial charge < -0.3 is 9.29 Å². The molecule has 0 aliphatic heterocycles. The van der Waals surface area contributed by atoms with Crippen LogP contribution >= 0.6 is 0 Å². The predicted molar refractivity (Wildman–Crippen MR) is 50.0 cm³/mol. The van der Waals surface area contributed by atoms with Crippen molar-refractivity contribution in [3.05, 3.63) is 35.9 Å². The molecule has 14 heavy (non-hydrogen) atoms. The Morgan fingerprint density at radius 3 is 2.57 bits per heavy atom. The lowest BCUT2D eigenvalue weighted by molar-refractivity contribution is -0.141. The fourth-order valence-electron chi connectivity index (χ4n) is 0.876. The van der Waals surface area contributed by atoms with E-state index in [2.05, 4.69) is 0 Å². The van der Waals surface area contributed by atoms with Crippen molar-refractivity contribution in [2.45, 2.75) is 6.61 Å². The maximum Gasteiger partial charge on any atom is 0.317 e. The van der Waals surface area contributed by atoms with Crippen LogP contribution in [0.5, 0.6) is 0 Å². The highest BCUT2D eigenvalue weighted by Crippen LogP contribution is 2.00. The third-order valence-electron chi connectivity index (χ3n) is 1.48. The number of benzene rings is 1. The van der Waals surface area contributed by atoms with Crippen molar-refractivity contribution in [1.29, 1.82) is 0 Å². The Balaban J connectivity index is 2.34. The van der Waals surface area contributed by atoms with Gasteiger partial charge in [-0.1, -0.05) is 30.3 Å². The lowest BCUT2D eigenvalue weighted by Crippen LogP contribution is -2.13. The Hall–Kier alpha value is -1.20. The number of carbonyl (C=O) groups is 1. The number of rotatable bonds is 4. The molecule has 4 nitrogen and oxygen atoms in total. The van der Waals surface area contributed by atoms with Crippen LogP contribution in [-0.2, 0) is 27.2 Å². The molecule has 5 heteroatoms. The molecule has 76 valence electrons. The van der Waals surface area contributed by atoms with Gasteiger partial charge in [-0.2, -0.15) is 0 Å². The van der Waals surface area contributed by atoms with Gasteiger partial charge in [-0.3, -0.25) is 9.00 Å².